The second kappa shape index (κ2) is 4.21. The van der Waals surface area contributed by atoms with Crippen molar-refractivity contribution in [1.29, 1.82) is 0 Å². The molecule has 1 unspecified atom stereocenters. The Morgan fingerprint density at radius 3 is 2.50 bits per heavy atom. The lowest BCUT2D eigenvalue weighted by Crippen LogP contribution is -2.42. The quantitative estimate of drug-likeness (QED) is 0.702. The van der Waals surface area contributed by atoms with Gasteiger partial charge in [0.25, 0.3) is 0 Å². The van der Waals surface area contributed by atoms with Gasteiger partial charge in [-0.1, -0.05) is 6.92 Å². The molecule has 0 N–H and O–H groups in total. The highest BCUT2D eigenvalue weighted by Crippen LogP contribution is 2.23. The molecule has 1 aliphatic heterocycles. The Bertz CT molecular complexity index is 370. The number of hydrogen-bond donors (Lipinski definition) is 0. The highest BCUT2D eigenvalue weighted by atomic mass is 32.2. The number of amides is 1. The molecule has 0 spiro atoms. The Kier molecular flexibility index (Phi) is 3.49. The van der Waals surface area contributed by atoms with Gasteiger partial charge in [-0.05, 0) is 27.2 Å². The third-order valence-electron chi connectivity index (χ3n) is 2.03. The lowest BCUT2D eigenvalue weighted by molar-refractivity contribution is 0.0355. The summed E-state index contributed by atoms with van der Waals surface area (Å²) in [7, 11) is -3.96. The van der Waals surface area contributed by atoms with E-state index in [1.807, 2.05) is 0 Å². The highest BCUT2D eigenvalue weighted by Gasteiger charge is 2.43. The number of hydrogen-bond acceptors (Lipinski definition) is 5. The summed E-state index contributed by atoms with van der Waals surface area (Å²) >= 11 is 0. The van der Waals surface area contributed by atoms with Crippen LogP contribution in [0.4, 0.5) is 4.79 Å². The first-order valence-electron chi connectivity index (χ1n) is 5.09. The van der Waals surface area contributed by atoms with E-state index in [-0.39, 0.29) is 6.61 Å². The number of carbonyl (C=O) groups is 1. The first kappa shape index (κ1) is 13.2. The largest absolute Gasteiger partial charge is 0.443 e. The van der Waals surface area contributed by atoms with Gasteiger partial charge < -0.3 is 4.74 Å². The van der Waals surface area contributed by atoms with Gasteiger partial charge >= 0.3 is 16.4 Å². The van der Waals surface area contributed by atoms with Crippen LogP contribution in [0, 0.1) is 0 Å². The number of ether oxygens (including phenoxy) is 1. The van der Waals surface area contributed by atoms with Gasteiger partial charge in [-0.25, -0.2) is 4.79 Å². The van der Waals surface area contributed by atoms with E-state index in [4.69, 9.17) is 4.74 Å². The zero-order chi connectivity index (χ0) is 12.6. The predicted octanol–water partition coefficient (Wildman–Crippen LogP) is 1.28. The Balaban J connectivity index is 2.88. The van der Waals surface area contributed by atoms with Crippen molar-refractivity contribution in [3.05, 3.63) is 0 Å². The molecule has 0 radical (unpaired) electrons. The van der Waals surface area contributed by atoms with Gasteiger partial charge in [0.2, 0.25) is 0 Å². The molecule has 6 nitrogen and oxygen atoms in total. The molecular weight excluding hydrogens is 234 g/mol. The first-order valence-corrected chi connectivity index (χ1v) is 6.45. The van der Waals surface area contributed by atoms with Crippen molar-refractivity contribution in [2.75, 3.05) is 6.61 Å². The molecule has 0 bridgehead atoms. The molecule has 1 heterocycles. The van der Waals surface area contributed by atoms with E-state index in [1.165, 1.54) is 0 Å². The zero-order valence-electron chi connectivity index (χ0n) is 9.89. The van der Waals surface area contributed by atoms with Crippen LogP contribution in [0.25, 0.3) is 0 Å². The molecule has 1 fully saturated rings. The predicted molar refractivity (Wildman–Crippen MR) is 57.0 cm³/mol. The summed E-state index contributed by atoms with van der Waals surface area (Å²) in [6.07, 6.45) is -0.379. The Morgan fingerprint density at radius 1 is 1.50 bits per heavy atom. The SMILES string of the molecule is CCC1COS(=O)(=O)N1C(=O)OC(C)(C)C. The molecule has 0 aromatic heterocycles. The zero-order valence-corrected chi connectivity index (χ0v) is 10.7. The molecule has 7 heteroatoms. The molecule has 1 atom stereocenters. The number of nitrogens with zero attached hydrogens (tertiary/aromatic N) is 1. The van der Waals surface area contributed by atoms with Gasteiger partial charge in [-0.3, -0.25) is 4.18 Å². The molecule has 0 aliphatic carbocycles. The fraction of sp³-hybridized carbons (Fsp3) is 0.889. The van der Waals surface area contributed by atoms with Crippen LogP contribution >= 0.6 is 0 Å². The van der Waals surface area contributed by atoms with E-state index in [9.17, 15) is 13.2 Å². The van der Waals surface area contributed by atoms with Crippen molar-refractivity contribution < 1.29 is 22.1 Å². The molecule has 0 aromatic rings. The van der Waals surface area contributed by atoms with Crippen molar-refractivity contribution in [3.63, 3.8) is 0 Å². The van der Waals surface area contributed by atoms with Crippen LogP contribution in [0.2, 0.25) is 0 Å². The summed E-state index contributed by atoms with van der Waals surface area (Å²) in [4.78, 5) is 11.7. The fourth-order valence-corrected chi connectivity index (χ4v) is 2.54. The molecule has 94 valence electrons. The van der Waals surface area contributed by atoms with Crippen LogP contribution in [0.15, 0.2) is 0 Å². The first-order chi connectivity index (χ1) is 7.17. The minimum atomic E-state index is -3.96. The average Bonchev–Trinajstić information content (AvgIpc) is 2.37. The van der Waals surface area contributed by atoms with Crippen LogP contribution in [0.1, 0.15) is 34.1 Å². The molecule has 1 aliphatic rings. The molecule has 0 saturated carbocycles. The minimum Gasteiger partial charge on any atom is -0.443 e. The van der Waals surface area contributed by atoms with Gasteiger partial charge in [-0.2, -0.15) is 12.7 Å². The summed E-state index contributed by atoms with van der Waals surface area (Å²) in [5, 5.41) is 0. The van der Waals surface area contributed by atoms with E-state index < -0.39 is 28.0 Å². The van der Waals surface area contributed by atoms with Crippen molar-refractivity contribution in [3.8, 4) is 0 Å². The van der Waals surface area contributed by atoms with Crippen LogP contribution in [0.3, 0.4) is 0 Å². The third-order valence-corrected chi connectivity index (χ3v) is 3.39. The Hall–Kier alpha value is -0.820. The van der Waals surface area contributed by atoms with Gasteiger partial charge in [0.05, 0.1) is 12.6 Å². The normalized spacial score (nSPS) is 24.5. The Morgan fingerprint density at radius 2 is 2.06 bits per heavy atom. The summed E-state index contributed by atoms with van der Waals surface area (Å²) in [6.45, 7) is 6.81. The smallest absolute Gasteiger partial charge is 0.426 e. The van der Waals surface area contributed by atoms with Gasteiger partial charge in [0.1, 0.15) is 5.60 Å². The average molecular weight is 251 g/mol. The van der Waals surface area contributed by atoms with E-state index in [2.05, 4.69) is 4.18 Å². The summed E-state index contributed by atoms with van der Waals surface area (Å²) in [5.41, 5.74) is -0.729. The summed E-state index contributed by atoms with van der Waals surface area (Å²) < 4.78 is 33.2. The number of carbonyl (C=O) groups excluding carboxylic acids is 1. The van der Waals surface area contributed by atoms with E-state index >= 15 is 0 Å². The molecule has 16 heavy (non-hydrogen) atoms. The minimum absolute atomic E-state index is 0.00191. The maximum Gasteiger partial charge on any atom is 0.426 e. The second-order valence-electron chi connectivity index (χ2n) is 4.58. The molecule has 1 saturated heterocycles. The summed E-state index contributed by atoms with van der Waals surface area (Å²) in [5.74, 6) is 0. The van der Waals surface area contributed by atoms with Crippen LogP contribution in [-0.2, 0) is 19.2 Å². The molecule has 1 rings (SSSR count). The maximum absolute atomic E-state index is 11.7. The van der Waals surface area contributed by atoms with Crippen molar-refractivity contribution in [1.82, 2.24) is 4.31 Å². The van der Waals surface area contributed by atoms with Gasteiger partial charge in [-0.15, -0.1) is 0 Å². The van der Waals surface area contributed by atoms with Gasteiger partial charge in [0, 0.05) is 0 Å². The van der Waals surface area contributed by atoms with E-state index in [0.29, 0.717) is 10.7 Å². The topological polar surface area (TPSA) is 72.9 Å². The lowest BCUT2D eigenvalue weighted by Gasteiger charge is -2.25. The number of rotatable bonds is 1. The van der Waals surface area contributed by atoms with Crippen LogP contribution in [0.5, 0.6) is 0 Å². The monoisotopic (exact) mass is 251 g/mol. The molecule has 0 aromatic carbocycles. The maximum atomic E-state index is 11.7. The van der Waals surface area contributed by atoms with E-state index in [0.717, 1.165) is 0 Å². The summed E-state index contributed by atoms with van der Waals surface area (Å²) in [6, 6.07) is -0.472. The standard InChI is InChI=1S/C9H17NO5S/c1-5-7-6-14-16(12,13)10(7)8(11)15-9(2,3)4/h7H,5-6H2,1-4H3. The Labute approximate surface area is 95.8 Å². The van der Waals surface area contributed by atoms with Crippen molar-refractivity contribution >= 4 is 16.4 Å². The van der Waals surface area contributed by atoms with Gasteiger partial charge in [0.15, 0.2) is 0 Å². The van der Waals surface area contributed by atoms with Crippen LogP contribution in [-0.4, -0.2) is 37.1 Å². The van der Waals surface area contributed by atoms with Crippen LogP contribution < -0.4 is 0 Å². The van der Waals surface area contributed by atoms with Crippen molar-refractivity contribution in [2.24, 2.45) is 0 Å². The highest BCUT2D eigenvalue weighted by molar-refractivity contribution is 7.85. The molecule has 1 amide bonds. The lowest BCUT2D eigenvalue weighted by atomic mass is 10.2. The second-order valence-corrected chi connectivity index (χ2v) is 6.07. The third kappa shape index (κ3) is 2.85. The fourth-order valence-electron chi connectivity index (χ4n) is 1.30. The van der Waals surface area contributed by atoms with Crippen molar-refractivity contribution in [2.45, 2.75) is 45.8 Å². The van der Waals surface area contributed by atoms with E-state index in [1.54, 1.807) is 27.7 Å². The molecular formula is C9H17NO5S.